The minimum atomic E-state index is -2.87. The average Bonchev–Trinajstić information content (AvgIpc) is 2.98. The van der Waals surface area contributed by atoms with Crippen molar-refractivity contribution in [1.29, 1.82) is 0 Å². The number of rotatable bonds is 6. The Labute approximate surface area is 111 Å². The Morgan fingerprint density at radius 1 is 1.30 bits per heavy atom. The third-order valence-corrected chi connectivity index (χ3v) is 2.14. The summed E-state index contributed by atoms with van der Waals surface area (Å²) in [4.78, 5) is 15.4. The molecule has 0 aliphatic carbocycles. The highest BCUT2D eigenvalue weighted by atomic mass is 19.3. The summed E-state index contributed by atoms with van der Waals surface area (Å²) in [5, 5.41) is 15.3. The predicted octanol–water partition coefficient (Wildman–Crippen LogP) is -1.22. The van der Waals surface area contributed by atoms with Crippen molar-refractivity contribution in [1.82, 2.24) is 29.7 Å². The second kappa shape index (κ2) is 6.12. The number of nitrogens with two attached hydrogens (primary N) is 1. The lowest BCUT2D eigenvalue weighted by Gasteiger charge is -2.11. The number of aromatic nitrogens is 6. The zero-order chi connectivity index (χ0) is 14.5. The van der Waals surface area contributed by atoms with E-state index in [0.717, 1.165) is 0 Å². The van der Waals surface area contributed by atoms with Crippen molar-refractivity contribution in [2.24, 2.45) is 5.84 Å². The molecule has 0 radical (unpaired) electrons. The van der Waals surface area contributed by atoms with Crippen molar-refractivity contribution >= 4 is 11.9 Å². The molecule has 0 spiro atoms. The SMILES string of the molecule is NNc1nc(NCC(O)C(F)F)nc(-n2cncn2)n1. The molecule has 2 heterocycles. The monoisotopic (exact) mass is 287 g/mol. The first kappa shape index (κ1) is 14.0. The van der Waals surface area contributed by atoms with Crippen molar-refractivity contribution < 1.29 is 13.9 Å². The van der Waals surface area contributed by atoms with Gasteiger partial charge in [0.1, 0.15) is 18.8 Å². The molecule has 5 N–H and O–H groups in total. The maximum absolute atomic E-state index is 12.2. The van der Waals surface area contributed by atoms with E-state index in [1.165, 1.54) is 17.3 Å². The highest BCUT2D eigenvalue weighted by molar-refractivity contribution is 5.36. The van der Waals surface area contributed by atoms with Crippen LogP contribution in [0.4, 0.5) is 20.7 Å². The molecule has 0 saturated carbocycles. The smallest absolute Gasteiger partial charge is 0.265 e. The Balaban J connectivity index is 2.18. The number of hydrazine groups is 1. The van der Waals surface area contributed by atoms with Crippen LogP contribution in [0.25, 0.3) is 5.95 Å². The van der Waals surface area contributed by atoms with Crippen molar-refractivity contribution in [2.75, 3.05) is 17.3 Å². The number of halogens is 2. The van der Waals surface area contributed by atoms with Crippen LogP contribution in [-0.2, 0) is 0 Å². The highest BCUT2D eigenvalue weighted by Crippen LogP contribution is 2.08. The number of alkyl halides is 2. The van der Waals surface area contributed by atoms with E-state index in [4.69, 9.17) is 10.9 Å². The molecule has 0 aliphatic rings. The van der Waals surface area contributed by atoms with Crippen LogP contribution in [0.1, 0.15) is 0 Å². The molecule has 0 aromatic carbocycles. The van der Waals surface area contributed by atoms with Gasteiger partial charge < -0.3 is 10.4 Å². The van der Waals surface area contributed by atoms with E-state index in [1.807, 2.05) is 0 Å². The molecule has 0 saturated heterocycles. The third kappa shape index (κ3) is 3.30. The summed E-state index contributed by atoms with van der Waals surface area (Å²) in [6.45, 7) is -0.428. The Kier molecular flexibility index (Phi) is 4.27. The minimum Gasteiger partial charge on any atom is -0.385 e. The number of hydrogen-bond acceptors (Lipinski definition) is 9. The molecule has 20 heavy (non-hydrogen) atoms. The number of nitrogens with zero attached hydrogens (tertiary/aromatic N) is 6. The van der Waals surface area contributed by atoms with Crippen molar-refractivity contribution in [3.8, 4) is 5.95 Å². The summed E-state index contributed by atoms with van der Waals surface area (Å²) >= 11 is 0. The lowest BCUT2D eigenvalue weighted by Crippen LogP contribution is -2.28. The summed E-state index contributed by atoms with van der Waals surface area (Å²) in [7, 11) is 0. The second-order valence-corrected chi connectivity index (χ2v) is 3.55. The number of aliphatic hydroxyl groups is 1. The minimum absolute atomic E-state index is 0.000429. The lowest BCUT2D eigenvalue weighted by atomic mass is 10.4. The van der Waals surface area contributed by atoms with E-state index < -0.39 is 19.1 Å². The van der Waals surface area contributed by atoms with Gasteiger partial charge in [0.2, 0.25) is 11.9 Å². The second-order valence-electron chi connectivity index (χ2n) is 3.55. The lowest BCUT2D eigenvalue weighted by molar-refractivity contribution is 0.00376. The maximum Gasteiger partial charge on any atom is 0.265 e. The fourth-order valence-corrected chi connectivity index (χ4v) is 1.21. The Bertz CT molecular complexity index is 549. The van der Waals surface area contributed by atoms with Gasteiger partial charge in [0.25, 0.3) is 12.4 Å². The molecule has 0 aliphatic heterocycles. The molecule has 12 heteroatoms. The van der Waals surface area contributed by atoms with Gasteiger partial charge in [-0.15, -0.1) is 0 Å². The van der Waals surface area contributed by atoms with Crippen LogP contribution in [0.5, 0.6) is 0 Å². The fraction of sp³-hybridized carbons (Fsp3) is 0.375. The van der Waals surface area contributed by atoms with Gasteiger partial charge in [0, 0.05) is 6.54 Å². The first-order valence-corrected chi connectivity index (χ1v) is 5.38. The van der Waals surface area contributed by atoms with Crippen LogP contribution in [0.15, 0.2) is 12.7 Å². The normalized spacial score (nSPS) is 12.4. The topological polar surface area (TPSA) is 140 Å². The molecule has 0 fully saturated rings. The molecule has 10 nitrogen and oxygen atoms in total. The zero-order valence-electron chi connectivity index (χ0n) is 9.98. The van der Waals surface area contributed by atoms with E-state index in [0.29, 0.717) is 0 Å². The van der Waals surface area contributed by atoms with E-state index in [-0.39, 0.29) is 17.8 Å². The van der Waals surface area contributed by atoms with Crippen molar-refractivity contribution in [3.05, 3.63) is 12.7 Å². The first-order valence-electron chi connectivity index (χ1n) is 5.38. The molecule has 0 bridgehead atoms. The van der Waals surface area contributed by atoms with Crippen molar-refractivity contribution in [2.45, 2.75) is 12.5 Å². The molecular formula is C8H11F2N9O. The number of anilines is 2. The third-order valence-electron chi connectivity index (χ3n) is 2.14. The predicted molar refractivity (Wildman–Crippen MR) is 63.1 cm³/mol. The van der Waals surface area contributed by atoms with Crippen molar-refractivity contribution in [3.63, 3.8) is 0 Å². The largest absolute Gasteiger partial charge is 0.385 e. The average molecular weight is 287 g/mol. The van der Waals surface area contributed by atoms with Gasteiger partial charge in [-0.2, -0.15) is 24.7 Å². The molecule has 1 atom stereocenters. The summed E-state index contributed by atoms with van der Waals surface area (Å²) in [6, 6.07) is 0. The van der Waals surface area contributed by atoms with E-state index >= 15 is 0 Å². The van der Waals surface area contributed by atoms with Crippen LogP contribution in [0.3, 0.4) is 0 Å². The Hall–Kier alpha value is -2.47. The van der Waals surface area contributed by atoms with Gasteiger partial charge in [0.15, 0.2) is 0 Å². The van der Waals surface area contributed by atoms with Crippen LogP contribution < -0.4 is 16.6 Å². The molecule has 2 aromatic rings. The summed E-state index contributed by atoms with van der Waals surface area (Å²) in [5.41, 5.74) is 2.21. The number of hydrogen-bond donors (Lipinski definition) is 4. The van der Waals surface area contributed by atoms with Gasteiger partial charge in [-0.25, -0.2) is 19.6 Å². The summed E-state index contributed by atoms with van der Waals surface area (Å²) < 4.78 is 25.6. The zero-order valence-corrected chi connectivity index (χ0v) is 9.98. The molecule has 0 amide bonds. The van der Waals surface area contributed by atoms with Gasteiger partial charge in [-0.05, 0) is 0 Å². The first-order chi connectivity index (χ1) is 9.60. The van der Waals surface area contributed by atoms with Crippen LogP contribution in [0.2, 0.25) is 0 Å². The van der Waals surface area contributed by atoms with Gasteiger partial charge >= 0.3 is 0 Å². The highest BCUT2D eigenvalue weighted by Gasteiger charge is 2.17. The number of nitrogens with one attached hydrogen (secondary N) is 2. The number of aliphatic hydroxyl groups excluding tert-OH is 1. The van der Waals surface area contributed by atoms with Gasteiger partial charge in [-0.3, -0.25) is 5.43 Å². The van der Waals surface area contributed by atoms with E-state index in [2.05, 4.69) is 35.8 Å². The molecular weight excluding hydrogens is 276 g/mol. The van der Waals surface area contributed by atoms with Crippen LogP contribution >= 0.6 is 0 Å². The summed E-state index contributed by atoms with van der Waals surface area (Å²) in [6.07, 6.45) is -2.09. The quantitative estimate of drug-likeness (QED) is 0.380. The summed E-state index contributed by atoms with van der Waals surface area (Å²) in [5.74, 6) is 5.24. The van der Waals surface area contributed by atoms with Crippen LogP contribution in [0, 0.1) is 0 Å². The molecule has 108 valence electrons. The maximum atomic E-state index is 12.2. The Morgan fingerprint density at radius 2 is 2.05 bits per heavy atom. The van der Waals surface area contributed by atoms with Gasteiger partial charge in [-0.1, -0.05) is 0 Å². The van der Waals surface area contributed by atoms with E-state index in [1.54, 1.807) is 0 Å². The Morgan fingerprint density at radius 3 is 2.65 bits per heavy atom. The molecule has 2 aromatic heterocycles. The van der Waals surface area contributed by atoms with E-state index in [9.17, 15) is 8.78 Å². The molecule has 1 unspecified atom stereocenters. The van der Waals surface area contributed by atoms with Crippen LogP contribution in [-0.4, -0.2) is 53.9 Å². The fourth-order valence-electron chi connectivity index (χ4n) is 1.21. The number of nitrogen functional groups attached to an aromatic ring is 1. The van der Waals surface area contributed by atoms with Gasteiger partial charge in [0.05, 0.1) is 0 Å². The molecule has 2 rings (SSSR count). The standard InChI is InChI=1S/C8H11F2N9O/c9-5(10)4(20)1-13-6-15-7(18-11)17-8(16-6)19-3-12-2-14-19/h2-5,20H,1,11H2,(H2,13,15,16,17,18).